The van der Waals surface area contributed by atoms with Gasteiger partial charge < -0.3 is 14.6 Å². The number of β-amino-alcohol motifs (C(OH)–C–C–N with tert-alkyl or cyclic N) is 1. The number of aliphatic hydroxyl groups excluding tert-OH is 1. The topological polar surface area (TPSA) is 41.9 Å². The molecule has 0 bridgehead atoms. The normalized spacial score (nSPS) is 18.3. The Morgan fingerprint density at radius 1 is 1.24 bits per heavy atom. The highest BCUT2D eigenvalue weighted by Crippen LogP contribution is 2.32. The van der Waals surface area contributed by atoms with Crippen LogP contribution in [0.1, 0.15) is 22.8 Å². The predicted molar refractivity (Wildman–Crippen MR) is 116 cm³/mol. The van der Waals surface area contributed by atoms with Gasteiger partial charge in [0.05, 0.1) is 37.1 Å². The van der Waals surface area contributed by atoms with Crippen molar-refractivity contribution in [2.75, 3.05) is 32.8 Å². The first-order valence-corrected chi connectivity index (χ1v) is 9.97. The monoisotopic (exact) mass is 463 g/mol. The highest BCUT2D eigenvalue weighted by molar-refractivity contribution is 6.35. The molecular formula is C21H25Cl3FNO3. The molecule has 1 saturated heterocycles. The molecule has 1 heterocycles. The lowest BCUT2D eigenvalue weighted by molar-refractivity contribution is -0.0537. The highest BCUT2D eigenvalue weighted by atomic mass is 35.5. The molecule has 160 valence electrons. The van der Waals surface area contributed by atoms with Gasteiger partial charge in [-0.2, -0.15) is 0 Å². The number of hydrogen-bond acceptors (Lipinski definition) is 4. The Morgan fingerprint density at radius 3 is 2.69 bits per heavy atom. The van der Waals surface area contributed by atoms with Gasteiger partial charge in [0.25, 0.3) is 0 Å². The maximum atomic E-state index is 13.8. The van der Waals surface area contributed by atoms with Crippen LogP contribution in [0.2, 0.25) is 10.0 Å². The smallest absolute Gasteiger partial charge is 0.142 e. The van der Waals surface area contributed by atoms with Crippen molar-refractivity contribution in [3.63, 3.8) is 0 Å². The summed E-state index contributed by atoms with van der Waals surface area (Å²) in [4.78, 5) is 2.07. The Hall–Kier alpha value is -0.920. The SMILES string of the molecule is Cc1ccc(COCC(O)CN2CCOC(c3cc(F)c(Cl)cc3Cl)C2)cc1.Cl. The van der Waals surface area contributed by atoms with Gasteiger partial charge in [0, 0.05) is 30.2 Å². The number of ether oxygens (including phenoxy) is 2. The van der Waals surface area contributed by atoms with Crippen molar-refractivity contribution in [1.82, 2.24) is 4.90 Å². The van der Waals surface area contributed by atoms with Crippen molar-refractivity contribution in [2.45, 2.75) is 25.7 Å². The van der Waals surface area contributed by atoms with Crippen molar-refractivity contribution < 1.29 is 19.0 Å². The van der Waals surface area contributed by atoms with E-state index in [0.29, 0.717) is 43.4 Å². The van der Waals surface area contributed by atoms with E-state index in [1.165, 1.54) is 17.7 Å². The van der Waals surface area contributed by atoms with Crippen molar-refractivity contribution in [2.24, 2.45) is 0 Å². The summed E-state index contributed by atoms with van der Waals surface area (Å²) in [6, 6.07) is 10.8. The number of nitrogens with zero attached hydrogens (tertiary/aromatic N) is 1. The molecule has 2 aromatic rings. The summed E-state index contributed by atoms with van der Waals surface area (Å²) in [6.45, 7) is 4.85. The molecule has 1 fully saturated rings. The van der Waals surface area contributed by atoms with Crippen molar-refractivity contribution in [3.8, 4) is 0 Å². The molecule has 0 aliphatic carbocycles. The van der Waals surface area contributed by atoms with E-state index in [-0.39, 0.29) is 30.1 Å². The Balaban J connectivity index is 0.00000300. The highest BCUT2D eigenvalue weighted by Gasteiger charge is 2.26. The van der Waals surface area contributed by atoms with Gasteiger partial charge in [0.15, 0.2) is 0 Å². The van der Waals surface area contributed by atoms with Crippen molar-refractivity contribution in [3.05, 3.63) is 69.0 Å². The van der Waals surface area contributed by atoms with E-state index in [9.17, 15) is 9.50 Å². The molecule has 1 aliphatic rings. The van der Waals surface area contributed by atoms with Crippen molar-refractivity contribution >= 4 is 35.6 Å². The number of hydrogen-bond donors (Lipinski definition) is 1. The largest absolute Gasteiger partial charge is 0.389 e. The quantitative estimate of drug-likeness (QED) is 0.597. The molecule has 3 rings (SSSR count). The minimum Gasteiger partial charge on any atom is -0.389 e. The number of halogens is 4. The summed E-state index contributed by atoms with van der Waals surface area (Å²) in [5, 5.41) is 10.7. The summed E-state index contributed by atoms with van der Waals surface area (Å²) in [7, 11) is 0. The zero-order valence-corrected chi connectivity index (χ0v) is 18.4. The second kappa shape index (κ2) is 11.5. The second-order valence-corrected chi connectivity index (χ2v) is 7.88. The van der Waals surface area contributed by atoms with Crippen LogP contribution in [0.3, 0.4) is 0 Å². The van der Waals surface area contributed by atoms with Crippen LogP contribution in [0, 0.1) is 12.7 Å². The van der Waals surface area contributed by atoms with E-state index < -0.39 is 11.9 Å². The molecule has 29 heavy (non-hydrogen) atoms. The summed E-state index contributed by atoms with van der Waals surface area (Å²) < 4.78 is 25.2. The molecule has 2 aromatic carbocycles. The van der Waals surface area contributed by atoms with Crippen LogP contribution in [0.25, 0.3) is 0 Å². The molecule has 2 unspecified atom stereocenters. The first-order chi connectivity index (χ1) is 13.4. The summed E-state index contributed by atoms with van der Waals surface area (Å²) >= 11 is 12.0. The number of morpholine rings is 1. The predicted octanol–water partition coefficient (Wildman–Crippen LogP) is 4.81. The average Bonchev–Trinajstić information content (AvgIpc) is 2.66. The Morgan fingerprint density at radius 2 is 1.97 bits per heavy atom. The van der Waals surface area contributed by atoms with Gasteiger partial charge in [-0.3, -0.25) is 4.90 Å². The Labute approximate surface area is 186 Å². The van der Waals surface area contributed by atoms with Gasteiger partial charge in [-0.05, 0) is 24.6 Å². The molecule has 0 spiro atoms. The summed E-state index contributed by atoms with van der Waals surface area (Å²) in [6.07, 6.45) is -0.990. The van der Waals surface area contributed by atoms with Gasteiger partial charge >= 0.3 is 0 Å². The zero-order chi connectivity index (χ0) is 20.1. The third-order valence-corrected chi connectivity index (χ3v) is 5.32. The van der Waals surface area contributed by atoms with E-state index >= 15 is 0 Å². The second-order valence-electron chi connectivity index (χ2n) is 7.06. The van der Waals surface area contributed by atoms with Gasteiger partial charge in [-0.15, -0.1) is 12.4 Å². The molecule has 1 N–H and O–H groups in total. The molecule has 0 saturated carbocycles. The fourth-order valence-corrected chi connectivity index (χ4v) is 3.69. The fraction of sp³-hybridized carbons (Fsp3) is 0.429. The summed E-state index contributed by atoms with van der Waals surface area (Å²) in [5.74, 6) is -0.522. The lowest BCUT2D eigenvalue weighted by atomic mass is 10.1. The standard InChI is InChI=1S/C21H24Cl2FNO3.ClH/c1-14-2-4-15(5-3-14)12-27-13-16(26)10-25-6-7-28-21(11-25)17-8-20(24)19(23)9-18(17)22;/h2-5,8-9,16,21,26H,6-7,10-13H2,1H3;1H. The number of aryl methyl sites for hydroxylation is 1. The van der Waals surface area contributed by atoms with Crippen LogP contribution in [0.15, 0.2) is 36.4 Å². The zero-order valence-electron chi connectivity index (χ0n) is 16.1. The molecule has 0 amide bonds. The third kappa shape index (κ3) is 7.07. The van der Waals surface area contributed by atoms with E-state index in [1.54, 1.807) is 0 Å². The van der Waals surface area contributed by atoms with Crippen LogP contribution in [-0.4, -0.2) is 49.0 Å². The molecule has 0 radical (unpaired) electrons. The van der Waals surface area contributed by atoms with E-state index in [4.69, 9.17) is 32.7 Å². The maximum Gasteiger partial charge on any atom is 0.142 e. The Kier molecular flexibility index (Phi) is 9.63. The van der Waals surface area contributed by atoms with E-state index in [2.05, 4.69) is 4.90 Å². The van der Waals surface area contributed by atoms with Crippen LogP contribution in [0.4, 0.5) is 4.39 Å². The molecule has 4 nitrogen and oxygen atoms in total. The first-order valence-electron chi connectivity index (χ1n) is 9.22. The molecule has 0 aromatic heterocycles. The van der Waals surface area contributed by atoms with Crippen LogP contribution < -0.4 is 0 Å². The minimum absolute atomic E-state index is 0. The minimum atomic E-state index is -0.623. The fourth-order valence-electron chi connectivity index (χ4n) is 3.19. The lowest BCUT2D eigenvalue weighted by Crippen LogP contribution is -2.43. The van der Waals surface area contributed by atoms with Crippen LogP contribution in [0.5, 0.6) is 0 Å². The molecule has 1 aliphatic heterocycles. The molecule has 8 heteroatoms. The van der Waals surface area contributed by atoms with Crippen LogP contribution >= 0.6 is 35.6 Å². The summed E-state index contributed by atoms with van der Waals surface area (Å²) in [5.41, 5.74) is 2.84. The Bertz CT molecular complexity index is 791. The number of benzene rings is 2. The van der Waals surface area contributed by atoms with E-state index in [0.717, 1.165) is 5.56 Å². The molecular weight excluding hydrogens is 440 g/mol. The number of aliphatic hydroxyl groups is 1. The average molecular weight is 465 g/mol. The van der Waals surface area contributed by atoms with Crippen LogP contribution in [-0.2, 0) is 16.1 Å². The number of rotatable bonds is 7. The van der Waals surface area contributed by atoms with Crippen molar-refractivity contribution in [1.29, 1.82) is 0 Å². The van der Waals surface area contributed by atoms with E-state index in [1.807, 2.05) is 31.2 Å². The third-order valence-electron chi connectivity index (χ3n) is 4.71. The van der Waals surface area contributed by atoms with Gasteiger partial charge in [-0.25, -0.2) is 4.39 Å². The maximum absolute atomic E-state index is 13.8. The van der Waals surface area contributed by atoms with Gasteiger partial charge in [0.2, 0.25) is 0 Å². The first kappa shape index (κ1) is 24.4. The molecule has 2 atom stereocenters. The van der Waals surface area contributed by atoms with Gasteiger partial charge in [0.1, 0.15) is 5.82 Å². The lowest BCUT2D eigenvalue weighted by Gasteiger charge is -2.34. The van der Waals surface area contributed by atoms with Gasteiger partial charge in [-0.1, -0.05) is 53.0 Å².